The molecule has 30 heavy (non-hydrogen) atoms. The number of aromatic nitrogens is 1. The van der Waals surface area contributed by atoms with Crippen molar-refractivity contribution in [1.82, 2.24) is 4.57 Å². The molecule has 152 valence electrons. The van der Waals surface area contributed by atoms with E-state index in [-0.39, 0.29) is 5.57 Å². The number of aryl methyl sites for hydroxylation is 2. The number of nitrogens with one attached hydrogen (secondary N) is 1. The number of carbonyl (C=O) groups is 1. The molecule has 5 nitrogen and oxygen atoms in total. The van der Waals surface area contributed by atoms with E-state index < -0.39 is 5.91 Å². The first-order valence-electron chi connectivity index (χ1n) is 9.85. The summed E-state index contributed by atoms with van der Waals surface area (Å²) < 4.78 is 7.60. The minimum Gasteiger partial charge on any atom is -0.494 e. The molecule has 0 aliphatic carbocycles. The molecule has 0 fully saturated rings. The summed E-state index contributed by atoms with van der Waals surface area (Å²) in [5.41, 5.74) is 5.71. The number of hydrogen-bond acceptors (Lipinski definition) is 3. The first-order valence-corrected chi connectivity index (χ1v) is 9.85. The van der Waals surface area contributed by atoms with Gasteiger partial charge in [0.2, 0.25) is 0 Å². The van der Waals surface area contributed by atoms with Crippen molar-refractivity contribution < 1.29 is 9.53 Å². The predicted octanol–water partition coefficient (Wildman–Crippen LogP) is 5.35. The summed E-state index contributed by atoms with van der Waals surface area (Å²) >= 11 is 0. The summed E-state index contributed by atoms with van der Waals surface area (Å²) in [6, 6.07) is 19.3. The van der Waals surface area contributed by atoms with Gasteiger partial charge >= 0.3 is 0 Å². The fourth-order valence-corrected chi connectivity index (χ4v) is 3.45. The second-order valence-electron chi connectivity index (χ2n) is 7.03. The highest BCUT2D eigenvalue weighted by atomic mass is 16.5. The molecule has 3 aromatic rings. The third-order valence-corrected chi connectivity index (χ3v) is 4.89. The Kier molecular flexibility index (Phi) is 6.38. The van der Waals surface area contributed by atoms with E-state index in [0.29, 0.717) is 18.0 Å². The zero-order valence-electron chi connectivity index (χ0n) is 17.7. The van der Waals surface area contributed by atoms with Gasteiger partial charge in [-0.15, -0.1) is 0 Å². The molecule has 0 unspecified atom stereocenters. The van der Waals surface area contributed by atoms with Gasteiger partial charge in [-0.2, -0.15) is 5.26 Å². The number of carbonyl (C=O) groups excluding carboxylic acids is 1. The van der Waals surface area contributed by atoms with E-state index in [4.69, 9.17) is 4.74 Å². The van der Waals surface area contributed by atoms with Crippen molar-refractivity contribution in [2.45, 2.75) is 27.7 Å². The van der Waals surface area contributed by atoms with Crippen molar-refractivity contribution in [3.05, 3.63) is 82.7 Å². The standard InChI is InChI=1S/C25H25N3O2/c1-5-30-23-11-8-10-22(15-23)27-25(29)21(16-26)14-20-13-18(3)28(19(20)4)24-12-7-6-9-17(24)2/h6-15H,5H2,1-4H3,(H,27,29)/b21-14+. The summed E-state index contributed by atoms with van der Waals surface area (Å²) in [6.07, 6.45) is 1.64. The number of hydrogen-bond donors (Lipinski definition) is 1. The molecule has 1 heterocycles. The first-order chi connectivity index (χ1) is 14.4. The maximum atomic E-state index is 12.7. The van der Waals surface area contributed by atoms with Gasteiger partial charge in [0.05, 0.1) is 6.61 Å². The Bertz CT molecular complexity index is 1150. The molecule has 0 saturated heterocycles. The highest BCUT2D eigenvalue weighted by molar-refractivity contribution is 6.09. The number of rotatable bonds is 6. The zero-order valence-corrected chi connectivity index (χ0v) is 17.7. The lowest BCUT2D eigenvalue weighted by atomic mass is 10.1. The Morgan fingerprint density at radius 2 is 1.90 bits per heavy atom. The van der Waals surface area contributed by atoms with Crippen LogP contribution < -0.4 is 10.1 Å². The average molecular weight is 399 g/mol. The maximum absolute atomic E-state index is 12.7. The van der Waals surface area contributed by atoms with Gasteiger partial charge < -0.3 is 14.6 Å². The Labute approximate surface area is 177 Å². The van der Waals surface area contributed by atoms with Gasteiger partial charge in [0.15, 0.2) is 0 Å². The number of amides is 1. The van der Waals surface area contributed by atoms with Crippen LogP contribution in [0.3, 0.4) is 0 Å². The third kappa shape index (κ3) is 4.44. The second kappa shape index (κ2) is 9.15. The minimum atomic E-state index is -0.452. The molecule has 0 spiro atoms. The van der Waals surface area contributed by atoms with E-state index in [1.54, 1.807) is 24.3 Å². The van der Waals surface area contributed by atoms with Crippen molar-refractivity contribution in [1.29, 1.82) is 5.26 Å². The van der Waals surface area contributed by atoms with Crippen molar-refractivity contribution in [3.63, 3.8) is 0 Å². The lowest BCUT2D eigenvalue weighted by molar-refractivity contribution is -0.112. The number of para-hydroxylation sites is 1. The molecule has 1 N–H and O–H groups in total. The maximum Gasteiger partial charge on any atom is 0.266 e. The SMILES string of the molecule is CCOc1cccc(NC(=O)/C(C#N)=C/c2cc(C)n(-c3ccccc3C)c2C)c1. The average Bonchev–Trinajstić information content (AvgIpc) is 3.00. The van der Waals surface area contributed by atoms with E-state index in [9.17, 15) is 10.1 Å². The molecule has 3 rings (SSSR count). The molecule has 1 aromatic heterocycles. The smallest absolute Gasteiger partial charge is 0.266 e. The summed E-state index contributed by atoms with van der Waals surface area (Å²) in [4.78, 5) is 12.7. The Hall–Kier alpha value is -3.78. The van der Waals surface area contributed by atoms with Crippen LogP contribution in [0.15, 0.2) is 60.2 Å². The van der Waals surface area contributed by atoms with Gasteiger partial charge in [-0.05, 0) is 69.2 Å². The topological polar surface area (TPSA) is 67.0 Å². The second-order valence-corrected chi connectivity index (χ2v) is 7.03. The number of nitrogens with zero attached hydrogens (tertiary/aromatic N) is 2. The van der Waals surface area contributed by atoms with Crippen LogP contribution in [0.4, 0.5) is 5.69 Å². The molecular weight excluding hydrogens is 374 g/mol. The fourth-order valence-electron chi connectivity index (χ4n) is 3.45. The number of anilines is 1. The summed E-state index contributed by atoms with van der Waals surface area (Å²) in [5, 5.41) is 12.4. The third-order valence-electron chi connectivity index (χ3n) is 4.89. The van der Waals surface area contributed by atoms with Crippen molar-refractivity contribution in [3.8, 4) is 17.5 Å². The molecular formula is C25H25N3O2. The Balaban J connectivity index is 1.91. The molecule has 5 heteroatoms. The van der Waals surface area contributed by atoms with Gasteiger partial charge in [0, 0.05) is 28.8 Å². The normalized spacial score (nSPS) is 11.1. The monoisotopic (exact) mass is 399 g/mol. The summed E-state index contributed by atoms with van der Waals surface area (Å²) in [5.74, 6) is 0.214. The number of benzene rings is 2. The van der Waals surface area contributed by atoms with Crippen LogP contribution in [0, 0.1) is 32.1 Å². The van der Waals surface area contributed by atoms with Crippen molar-refractivity contribution >= 4 is 17.7 Å². The van der Waals surface area contributed by atoms with E-state index in [2.05, 4.69) is 28.9 Å². The van der Waals surface area contributed by atoms with Crippen LogP contribution in [0.2, 0.25) is 0 Å². The number of ether oxygens (including phenoxy) is 1. The first kappa shape index (κ1) is 20.9. The Morgan fingerprint density at radius 1 is 1.13 bits per heavy atom. The molecule has 0 aliphatic rings. The Morgan fingerprint density at radius 3 is 2.60 bits per heavy atom. The summed E-state index contributed by atoms with van der Waals surface area (Å²) in [6.45, 7) is 8.51. The molecule has 0 atom stereocenters. The van der Waals surface area contributed by atoms with Gasteiger partial charge in [0.25, 0.3) is 5.91 Å². The van der Waals surface area contributed by atoms with Gasteiger partial charge in [-0.25, -0.2) is 0 Å². The lowest BCUT2D eigenvalue weighted by Gasteiger charge is -2.12. The molecule has 0 aliphatic heterocycles. The van der Waals surface area contributed by atoms with Crippen LogP contribution in [-0.4, -0.2) is 17.1 Å². The van der Waals surface area contributed by atoms with Crippen molar-refractivity contribution in [2.24, 2.45) is 0 Å². The van der Waals surface area contributed by atoms with Gasteiger partial charge in [0.1, 0.15) is 17.4 Å². The quantitative estimate of drug-likeness (QED) is 0.449. The van der Waals surface area contributed by atoms with Crippen LogP contribution in [0.1, 0.15) is 29.4 Å². The van der Waals surface area contributed by atoms with Gasteiger partial charge in [-0.3, -0.25) is 4.79 Å². The highest BCUT2D eigenvalue weighted by Gasteiger charge is 2.15. The minimum absolute atomic E-state index is 0.0434. The molecule has 0 saturated carbocycles. The lowest BCUT2D eigenvalue weighted by Crippen LogP contribution is -2.13. The molecule has 0 bridgehead atoms. The van der Waals surface area contributed by atoms with Crippen molar-refractivity contribution in [2.75, 3.05) is 11.9 Å². The fraction of sp³-hybridized carbons (Fsp3) is 0.200. The van der Waals surface area contributed by atoms with E-state index in [0.717, 1.165) is 28.2 Å². The molecule has 1 amide bonds. The van der Waals surface area contributed by atoms with Crippen LogP contribution in [-0.2, 0) is 4.79 Å². The van der Waals surface area contributed by atoms with E-state index in [1.807, 2.05) is 51.1 Å². The van der Waals surface area contributed by atoms with Crippen LogP contribution >= 0.6 is 0 Å². The largest absolute Gasteiger partial charge is 0.494 e. The highest BCUT2D eigenvalue weighted by Crippen LogP contribution is 2.25. The predicted molar refractivity (Wildman–Crippen MR) is 120 cm³/mol. The molecule has 0 radical (unpaired) electrons. The zero-order chi connectivity index (χ0) is 21.7. The van der Waals surface area contributed by atoms with Crippen LogP contribution in [0.25, 0.3) is 11.8 Å². The molecule has 2 aromatic carbocycles. The van der Waals surface area contributed by atoms with Gasteiger partial charge in [-0.1, -0.05) is 24.3 Å². The summed E-state index contributed by atoms with van der Waals surface area (Å²) in [7, 11) is 0. The van der Waals surface area contributed by atoms with E-state index >= 15 is 0 Å². The van der Waals surface area contributed by atoms with E-state index in [1.165, 1.54) is 0 Å². The number of nitriles is 1. The van der Waals surface area contributed by atoms with Crippen LogP contribution in [0.5, 0.6) is 5.75 Å².